The zero-order valence-electron chi connectivity index (χ0n) is 41.2. The van der Waals surface area contributed by atoms with Gasteiger partial charge < -0.3 is 5.11 Å². The molecule has 10 rings (SSSR count). The third-order valence-corrected chi connectivity index (χ3v) is 13.3. The molecule has 0 spiro atoms. The average Bonchev–Trinajstić information content (AvgIpc) is 3.74. The van der Waals surface area contributed by atoms with E-state index in [0.29, 0.717) is 11.4 Å². The van der Waals surface area contributed by atoms with Gasteiger partial charge in [-0.25, -0.2) is 4.98 Å². The molecule has 334 valence electrons. The molecule has 0 radical (unpaired) electrons. The second kappa shape index (κ2) is 17.8. The summed E-state index contributed by atoms with van der Waals surface area (Å²) >= 11 is 0. The number of phenols is 1. The van der Waals surface area contributed by atoms with Crippen molar-refractivity contribution in [3.8, 4) is 89.7 Å². The fraction of sp³-hybridized carbons (Fsp3) is 0.156. The summed E-state index contributed by atoms with van der Waals surface area (Å²) in [6, 6.07) is 64.4. The maximum atomic E-state index is 12.0. The zero-order chi connectivity index (χ0) is 48.2. The Labute approximate surface area is 402 Å². The number of aromatic hydroxyl groups is 1. The van der Waals surface area contributed by atoms with Crippen molar-refractivity contribution in [2.24, 2.45) is 0 Å². The number of imidazole rings is 1. The van der Waals surface area contributed by atoms with Crippen LogP contribution in [0.25, 0.3) is 95.0 Å². The molecule has 0 bridgehead atoms. The van der Waals surface area contributed by atoms with Crippen molar-refractivity contribution >= 4 is 11.0 Å². The Morgan fingerprint density at radius 2 is 1.15 bits per heavy atom. The maximum absolute atomic E-state index is 12.0. The molecule has 10 aromatic rings. The van der Waals surface area contributed by atoms with Gasteiger partial charge in [0, 0.05) is 24.3 Å². The second-order valence-corrected chi connectivity index (χ2v) is 19.5. The fourth-order valence-corrected chi connectivity index (χ4v) is 9.57. The van der Waals surface area contributed by atoms with Gasteiger partial charge in [0.15, 0.2) is 0 Å². The van der Waals surface area contributed by atoms with Crippen molar-refractivity contribution in [1.82, 2.24) is 14.5 Å². The molecular weight excluding hydrogens is 827 g/mol. The molecule has 0 unspecified atom stereocenters. The first kappa shape index (κ1) is 42.8. The molecule has 0 fully saturated rings. The lowest BCUT2D eigenvalue weighted by atomic mass is 9.85. The van der Waals surface area contributed by atoms with Gasteiger partial charge in [-0.2, -0.15) is 0 Å². The predicted molar refractivity (Wildman–Crippen MR) is 286 cm³/mol. The van der Waals surface area contributed by atoms with Gasteiger partial charge in [0.05, 0.1) is 28.0 Å². The second-order valence-electron chi connectivity index (χ2n) is 19.5. The molecule has 68 heavy (non-hydrogen) atoms. The van der Waals surface area contributed by atoms with Gasteiger partial charge in [-0.05, 0) is 159 Å². The molecule has 4 nitrogen and oxygen atoms in total. The summed E-state index contributed by atoms with van der Waals surface area (Å²) in [4.78, 5) is 10.6. The summed E-state index contributed by atoms with van der Waals surface area (Å²) in [5.74, 6) is 0.196. The number of aryl methyl sites for hydroxylation is 3. The molecule has 0 saturated carbocycles. The molecule has 0 aliphatic heterocycles. The number of pyridine rings is 1. The van der Waals surface area contributed by atoms with Crippen LogP contribution in [0.5, 0.6) is 5.75 Å². The van der Waals surface area contributed by atoms with Crippen LogP contribution in [-0.2, 0) is 5.41 Å². The van der Waals surface area contributed by atoms with E-state index in [1.807, 2.05) is 63.4 Å². The SMILES string of the molecule is [2H]C(C)(C)c1ccc(-c2ccnc(-c3cc(-c4ccccc4)cc(-c4cccc5c4nc(-c4cc(C)cc(C)c4O)n5-c4cc(C)c(-c5ccc(C(C)(C)C)cc5)cc4-c4ccccc4)c3)c2)cc1. The predicted octanol–water partition coefficient (Wildman–Crippen LogP) is 17.1. The Bertz CT molecular complexity index is 3520. The van der Waals surface area contributed by atoms with Crippen LogP contribution in [-0.4, -0.2) is 19.6 Å². The fourth-order valence-electron chi connectivity index (χ4n) is 9.57. The van der Waals surface area contributed by atoms with E-state index in [0.717, 1.165) is 106 Å². The molecule has 0 atom stereocenters. The molecule has 8 aromatic carbocycles. The lowest BCUT2D eigenvalue weighted by Gasteiger charge is -2.21. The average molecular weight is 885 g/mol. The van der Waals surface area contributed by atoms with E-state index in [4.69, 9.17) is 11.3 Å². The summed E-state index contributed by atoms with van der Waals surface area (Å²) in [5, 5.41) is 12.0. The standard InChI is InChI=1S/C64H57N3O/c1-40(2)44-22-24-46(25-23-44)49-30-31-65-58(38-49)52-36-50(45-16-11-9-12-17-45)35-51(37-52)54-20-15-21-59-61(54)66-63(57-33-41(3)32-43(5)62(57)68)67(59)60-34-42(4)55(39-56(60)47-18-13-10-14-19-47)48-26-28-53(29-27-48)64(6,7)8/h9-40,68H,1-8H3/i40D. The van der Waals surface area contributed by atoms with Gasteiger partial charge in [0.25, 0.3) is 0 Å². The Morgan fingerprint density at radius 3 is 1.84 bits per heavy atom. The van der Waals surface area contributed by atoms with E-state index < -0.39 is 5.89 Å². The molecular formula is C64H57N3O. The summed E-state index contributed by atoms with van der Waals surface area (Å²) in [6.07, 6.45) is 1.88. The highest BCUT2D eigenvalue weighted by Gasteiger charge is 2.25. The van der Waals surface area contributed by atoms with Gasteiger partial charge >= 0.3 is 0 Å². The van der Waals surface area contributed by atoms with Gasteiger partial charge in [-0.3, -0.25) is 9.55 Å². The number of fused-ring (bicyclic) bond motifs is 1. The molecule has 4 heteroatoms. The van der Waals surface area contributed by atoms with Crippen molar-refractivity contribution in [2.45, 2.75) is 66.7 Å². The third kappa shape index (κ3) is 8.43. The number of rotatable bonds is 9. The van der Waals surface area contributed by atoms with Crippen LogP contribution < -0.4 is 0 Å². The van der Waals surface area contributed by atoms with E-state index >= 15 is 0 Å². The van der Waals surface area contributed by atoms with Crippen molar-refractivity contribution in [1.29, 1.82) is 0 Å². The minimum absolute atomic E-state index is 0.0466. The largest absolute Gasteiger partial charge is 0.507 e. The first-order chi connectivity index (χ1) is 33.1. The zero-order valence-corrected chi connectivity index (χ0v) is 40.2. The summed E-state index contributed by atoms with van der Waals surface area (Å²) in [5.41, 5.74) is 21.2. The molecule has 2 heterocycles. The number of aromatic nitrogens is 3. The van der Waals surface area contributed by atoms with E-state index in [-0.39, 0.29) is 11.2 Å². The number of hydrogen-bond acceptors (Lipinski definition) is 3. The number of phenolic OH excluding ortho intramolecular Hbond substituents is 1. The molecule has 0 aliphatic carbocycles. The maximum Gasteiger partial charge on any atom is 0.149 e. The lowest BCUT2D eigenvalue weighted by molar-refractivity contribution is 0.472. The summed E-state index contributed by atoms with van der Waals surface area (Å²) in [6.45, 7) is 16.8. The monoisotopic (exact) mass is 884 g/mol. The van der Waals surface area contributed by atoms with Crippen LogP contribution in [0.2, 0.25) is 0 Å². The topological polar surface area (TPSA) is 50.9 Å². The van der Waals surface area contributed by atoms with Crippen molar-refractivity contribution in [3.63, 3.8) is 0 Å². The van der Waals surface area contributed by atoms with Crippen LogP contribution in [0.15, 0.2) is 188 Å². The third-order valence-electron chi connectivity index (χ3n) is 13.3. The normalized spacial score (nSPS) is 12.1. The van der Waals surface area contributed by atoms with Crippen molar-refractivity contribution in [2.75, 3.05) is 0 Å². The highest BCUT2D eigenvalue weighted by Crippen LogP contribution is 2.44. The van der Waals surface area contributed by atoms with Gasteiger partial charge in [-0.1, -0.05) is 162 Å². The van der Waals surface area contributed by atoms with Gasteiger partial charge in [0.1, 0.15) is 11.6 Å². The van der Waals surface area contributed by atoms with Crippen LogP contribution in [0.1, 0.15) is 69.7 Å². The van der Waals surface area contributed by atoms with Gasteiger partial charge in [0.2, 0.25) is 0 Å². The van der Waals surface area contributed by atoms with E-state index in [1.54, 1.807) is 0 Å². The van der Waals surface area contributed by atoms with E-state index in [2.05, 4.69) is 185 Å². The highest BCUT2D eigenvalue weighted by molar-refractivity contribution is 5.99. The molecule has 0 amide bonds. The Kier molecular flexibility index (Phi) is 11.2. The quantitative estimate of drug-likeness (QED) is 0.157. The minimum atomic E-state index is -0.678. The van der Waals surface area contributed by atoms with Crippen LogP contribution in [0.3, 0.4) is 0 Å². The van der Waals surface area contributed by atoms with Crippen LogP contribution in [0, 0.1) is 20.8 Å². The van der Waals surface area contributed by atoms with Crippen molar-refractivity contribution < 1.29 is 6.48 Å². The highest BCUT2D eigenvalue weighted by atomic mass is 16.3. The summed E-state index contributed by atoms with van der Waals surface area (Å²) < 4.78 is 10.8. The Balaban J connectivity index is 1.21. The molecule has 0 saturated heterocycles. The number of hydrogen-bond donors (Lipinski definition) is 1. The molecule has 1 N–H and O–H groups in total. The van der Waals surface area contributed by atoms with E-state index in [1.165, 1.54) is 5.56 Å². The summed E-state index contributed by atoms with van der Waals surface area (Å²) in [7, 11) is 0. The van der Waals surface area contributed by atoms with Crippen LogP contribution in [0.4, 0.5) is 0 Å². The van der Waals surface area contributed by atoms with Crippen molar-refractivity contribution in [3.05, 3.63) is 216 Å². The first-order valence-electron chi connectivity index (χ1n) is 24.0. The van der Waals surface area contributed by atoms with E-state index in [9.17, 15) is 5.11 Å². The number of benzene rings is 8. The lowest BCUT2D eigenvalue weighted by Crippen LogP contribution is -2.10. The number of nitrogens with zero attached hydrogens (tertiary/aromatic N) is 3. The van der Waals surface area contributed by atoms with Gasteiger partial charge in [-0.15, -0.1) is 0 Å². The number of para-hydroxylation sites is 1. The molecule has 0 aliphatic rings. The Morgan fingerprint density at radius 1 is 0.515 bits per heavy atom. The molecule has 2 aromatic heterocycles. The van der Waals surface area contributed by atoms with Crippen LogP contribution >= 0.6 is 0 Å². The minimum Gasteiger partial charge on any atom is -0.507 e. The Hall–Kier alpha value is -7.82. The first-order valence-corrected chi connectivity index (χ1v) is 23.5. The smallest absolute Gasteiger partial charge is 0.149 e.